The molecule has 1 N–H and O–H groups in total. The molecule has 1 aromatic rings. The molecule has 6 heteroatoms. The highest BCUT2D eigenvalue weighted by atomic mass is 16.2. The van der Waals surface area contributed by atoms with E-state index in [0.717, 1.165) is 32.2 Å². The van der Waals surface area contributed by atoms with Crippen molar-refractivity contribution in [2.45, 2.75) is 25.7 Å². The van der Waals surface area contributed by atoms with Crippen LogP contribution in [0.1, 0.15) is 36.2 Å². The Morgan fingerprint density at radius 2 is 2.10 bits per heavy atom. The zero-order chi connectivity index (χ0) is 14.2. The van der Waals surface area contributed by atoms with Crippen LogP contribution >= 0.6 is 0 Å². The number of aryl methyl sites for hydroxylation is 1. The number of carbonyl (C=O) groups is 2. The molecule has 0 saturated carbocycles. The smallest absolute Gasteiger partial charge is 0.274 e. The van der Waals surface area contributed by atoms with Crippen molar-refractivity contribution in [3.8, 4) is 0 Å². The largest absolute Gasteiger partial charge is 0.356 e. The molecule has 0 aromatic carbocycles. The summed E-state index contributed by atoms with van der Waals surface area (Å²) in [6.45, 7) is 2.07. The van der Waals surface area contributed by atoms with Crippen LogP contribution in [0.15, 0.2) is 12.3 Å². The number of rotatable bonds is 1. The number of hydrogen-bond acceptors (Lipinski definition) is 3. The zero-order valence-corrected chi connectivity index (χ0v) is 11.8. The maximum absolute atomic E-state index is 12.3. The van der Waals surface area contributed by atoms with Crippen LogP contribution in [0, 0.1) is 5.41 Å². The van der Waals surface area contributed by atoms with Crippen molar-refractivity contribution in [3.63, 3.8) is 0 Å². The second-order valence-electron chi connectivity index (χ2n) is 5.81. The fraction of sp³-hybridized carbons (Fsp3) is 0.643. The molecule has 2 saturated heterocycles. The summed E-state index contributed by atoms with van der Waals surface area (Å²) in [7, 11) is 1.80. The molecule has 0 radical (unpaired) electrons. The van der Waals surface area contributed by atoms with Gasteiger partial charge in [-0.05, 0) is 31.7 Å². The Morgan fingerprint density at radius 1 is 1.35 bits per heavy atom. The molecule has 1 spiro atoms. The van der Waals surface area contributed by atoms with Crippen LogP contribution in [-0.2, 0) is 11.8 Å². The molecule has 0 unspecified atom stereocenters. The first-order chi connectivity index (χ1) is 9.61. The second-order valence-corrected chi connectivity index (χ2v) is 5.81. The summed E-state index contributed by atoms with van der Waals surface area (Å²) in [6.07, 6.45) is 5.28. The quantitative estimate of drug-likeness (QED) is 0.814. The van der Waals surface area contributed by atoms with Gasteiger partial charge in [0.25, 0.3) is 5.91 Å². The van der Waals surface area contributed by atoms with Gasteiger partial charge >= 0.3 is 0 Å². The van der Waals surface area contributed by atoms with Crippen LogP contribution in [0.25, 0.3) is 0 Å². The first-order valence-corrected chi connectivity index (χ1v) is 7.18. The lowest BCUT2D eigenvalue weighted by atomic mass is 9.72. The van der Waals surface area contributed by atoms with E-state index >= 15 is 0 Å². The molecule has 2 fully saturated rings. The highest BCUT2D eigenvalue weighted by Gasteiger charge is 2.43. The Bertz CT molecular complexity index is 529. The van der Waals surface area contributed by atoms with Crippen LogP contribution in [-0.4, -0.2) is 46.1 Å². The number of likely N-dealkylation sites (tertiary alicyclic amines) is 1. The fourth-order valence-electron chi connectivity index (χ4n) is 3.24. The molecule has 0 bridgehead atoms. The Labute approximate surface area is 118 Å². The van der Waals surface area contributed by atoms with Gasteiger partial charge in [0.05, 0.1) is 5.41 Å². The molecule has 108 valence electrons. The predicted octanol–water partition coefficient (Wildman–Crippen LogP) is 0.552. The van der Waals surface area contributed by atoms with Gasteiger partial charge in [-0.1, -0.05) is 0 Å². The summed E-state index contributed by atoms with van der Waals surface area (Å²) >= 11 is 0. The maximum atomic E-state index is 12.3. The van der Waals surface area contributed by atoms with Crippen LogP contribution < -0.4 is 5.32 Å². The number of hydrogen-bond donors (Lipinski definition) is 1. The fourth-order valence-corrected chi connectivity index (χ4v) is 3.24. The van der Waals surface area contributed by atoms with Gasteiger partial charge < -0.3 is 10.2 Å². The molecule has 3 heterocycles. The lowest BCUT2D eigenvalue weighted by Crippen LogP contribution is -2.52. The third kappa shape index (κ3) is 2.19. The van der Waals surface area contributed by atoms with E-state index in [1.54, 1.807) is 24.0 Å². The summed E-state index contributed by atoms with van der Waals surface area (Å²) < 4.78 is 1.63. The summed E-state index contributed by atoms with van der Waals surface area (Å²) in [5, 5.41) is 7.11. The van der Waals surface area contributed by atoms with Crippen LogP contribution in [0.3, 0.4) is 0 Å². The first kappa shape index (κ1) is 13.1. The van der Waals surface area contributed by atoms with E-state index < -0.39 is 0 Å². The second kappa shape index (κ2) is 4.92. The zero-order valence-electron chi connectivity index (χ0n) is 11.8. The van der Waals surface area contributed by atoms with Gasteiger partial charge in [0.15, 0.2) is 0 Å². The van der Waals surface area contributed by atoms with E-state index in [0.29, 0.717) is 18.8 Å². The summed E-state index contributed by atoms with van der Waals surface area (Å²) in [4.78, 5) is 26.2. The minimum atomic E-state index is -0.237. The average molecular weight is 276 g/mol. The van der Waals surface area contributed by atoms with Crippen molar-refractivity contribution in [1.82, 2.24) is 20.0 Å². The van der Waals surface area contributed by atoms with E-state index in [9.17, 15) is 9.59 Å². The lowest BCUT2D eigenvalue weighted by molar-refractivity contribution is -0.136. The number of amides is 2. The molecular formula is C14H20N4O2. The molecule has 20 heavy (non-hydrogen) atoms. The predicted molar refractivity (Wildman–Crippen MR) is 73.0 cm³/mol. The topological polar surface area (TPSA) is 67.2 Å². The number of nitrogens with zero attached hydrogens (tertiary/aromatic N) is 3. The normalized spacial score (nSPS) is 21.9. The van der Waals surface area contributed by atoms with Crippen molar-refractivity contribution in [2.75, 3.05) is 19.6 Å². The molecular weight excluding hydrogens is 256 g/mol. The van der Waals surface area contributed by atoms with E-state index in [2.05, 4.69) is 10.4 Å². The van der Waals surface area contributed by atoms with Crippen molar-refractivity contribution in [2.24, 2.45) is 12.5 Å². The van der Waals surface area contributed by atoms with Crippen LogP contribution in [0.5, 0.6) is 0 Å². The van der Waals surface area contributed by atoms with E-state index in [4.69, 9.17) is 0 Å². The Morgan fingerprint density at radius 3 is 2.70 bits per heavy atom. The van der Waals surface area contributed by atoms with Gasteiger partial charge in [0.2, 0.25) is 5.91 Å². The number of piperidine rings is 2. The van der Waals surface area contributed by atoms with Crippen molar-refractivity contribution in [1.29, 1.82) is 0 Å². The van der Waals surface area contributed by atoms with Gasteiger partial charge in [-0.15, -0.1) is 0 Å². The lowest BCUT2D eigenvalue weighted by Gasteiger charge is -2.42. The first-order valence-electron chi connectivity index (χ1n) is 7.18. The molecule has 6 nitrogen and oxygen atoms in total. The minimum Gasteiger partial charge on any atom is -0.356 e. The molecule has 2 aliphatic rings. The van der Waals surface area contributed by atoms with Gasteiger partial charge in [0, 0.05) is 32.9 Å². The van der Waals surface area contributed by atoms with E-state index in [1.807, 2.05) is 4.90 Å². The Kier molecular flexibility index (Phi) is 3.23. The molecule has 2 amide bonds. The SMILES string of the molecule is Cn1ccc(C(=O)N2CCC3(CCCNC3=O)CC2)n1. The summed E-state index contributed by atoms with van der Waals surface area (Å²) in [5.41, 5.74) is 0.246. The molecule has 0 aliphatic carbocycles. The molecule has 1 aromatic heterocycles. The number of aromatic nitrogens is 2. The maximum Gasteiger partial charge on any atom is 0.274 e. The van der Waals surface area contributed by atoms with Crippen molar-refractivity contribution < 1.29 is 9.59 Å². The highest BCUT2D eigenvalue weighted by molar-refractivity contribution is 5.92. The molecule has 2 aliphatic heterocycles. The Balaban J connectivity index is 1.66. The molecule has 0 atom stereocenters. The third-order valence-electron chi connectivity index (χ3n) is 4.54. The van der Waals surface area contributed by atoms with E-state index in [-0.39, 0.29) is 17.2 Å². The number of nitrogens with one attached hydrogen (secondary N) is 1. The van der Waals surface area contributed by atoms with Crippen molar-refractivity contribution in [3.05, 3.63) is 18.0 Å². The van der Waals surface area contributed by atoms with Gasteiger partial charge in [-0.2, -0.15) is 5.10 Å². The third-order valence-corrected chi connectivity index (χ3v) is 4.54. The van der Waals surface area contributed by atoms with Gasteiger partial charge in [-0.3, -0.25) is 14.3 Å². The van der Waals surface area contributed by atoms with Crippen LogP contribution in [0.2, 0.25) is 0 Å². The summed E-state index contributed by atoms with van der Waals surface area (Å²) in [5.74, 6) is 0.144. The van der Waals surface area contributed by atoms with Crippen molar-refractivity contribution >= 4 is 11.8 Å². The van der Waals surface area contributed by atoms with Gasteiger partial charge in [-0.25, -0.2) is 0 Å². The van der Waals surface area contributed by atoms with Gasteiger partial charge in [0.1, 0.15) is 5.69 Å². The Hall–Kier alpha value is -1.85. The minimum absolute atomic E-state index is 0.0309. The van der Waals surface area contributed by atoms with E-state index in [1.165, 1.54) is 0 Å². The average Bonchev–Trinajstić information content (AvgIpc) is 2.89. The summed E-state index contributed by atoms with van der Waals surface area (Å²) in [6, 6.07) is 1.74. The molecule has 3 rings (SSSR count). The highest BCUT2D eigenvalue weighted by Crippen LogP contribution is 2.38. The van der Waals surface area contributed by atoms with Crippen LogP contribution in [0.4, 0.5) is 0 Å². The monoisotopic (exact) mass is 276 g/mol. The standard InChI is InChI=1S/C14H20N4O2/c1-17-8-3-11(16-17)12(19)18-9-5-14(6-10-18)4-2-7-15-13(14)20/h3,8H,2,4-7,9-10H2,1H3,(H,15,20). The number of carbonyl (C=O) groups excluding carboxylic acids is 2.